The van der Waals surface area contributed by atoms with Gasteiger partial charge in [-0.2, -0.15) is 0 Å². The third kappa shape index (κ3) is 4.29. The van der Waals surface area contributed by atoms with Crippen LogP contribution in [-0.4, -0.2) is 19.2 Å². The highest BCUT2D eigenvalue weighted by molar-refractivity contribution is 6.35. The van der Waals surface area contributed by atoms with Gasteiger partial charge in [-0.25, -0.2) is 0 Å². The van der Waals surface area contributed by atoms with Crippen LogP contribution in [-0.2, 0) is 0 Å². The maximum absolute atomic E-state index is 5.98. The number of halogens is 2. The lowest BCUT2D eigenvalue weighted by Crippen LogP contribution is -2.28. The Morgan fingerprint density at radius 1 is 1.40 bits per heavy atom. The lowest BCUT2D eigenvalue weighted by Gasteiger charge is -2.15. The molecule has 0 saturated heterocycles. The smallest absolute Gasteiger partial charge is 0.138 e. The van der Waals surface area contributed by atoms with Gasteiger partial charge in [-0.15, -0.1) is 0 Å². The fourth-order valence-corrected chi connectivity index (χ4v) is 1.63. The fourth-order valence-electron chi connectivity index (χ4n) is 1.18. The molecule has 2 nitrogen and oxygen atoms in total. The van der Waals surface area contributed by atoms with E-state index in [1.54, 1.807) is 18.2 Å². The highest BCUT2D eigenvalue weighted by atomic mass is 35.5. The van der Waals surface area contributed by atoms with Gasteiger partial charge in [0.05, 0.1) is 5.02 Å². The Bertz CT molecular complexity index is 317. The zero-order valence-electron chi connectivity index (χ0n) is 8.89. The molecule has 0 heterocycles. The zero-order valence-corrected chi connectivity index (χ0v) is 10.4. The monoisotopic (exact) mass is 247 g/mol. The van der Waals surface area contributed by atoms with Crippen molar-refractivity contribution < 1.29 is 4.74 Å². The van der Waals surface area contributed by atoms with E-state index in [0.29, 0.717) is 15.8 Å². The van der Waals surface area contributed by atoms with Crippen LogP contribution in [0.2, 0.25) is 10.0 Å². The molecule has 0 aromatic heterocycles. The molecule has 1 N–H and O–H groups in total. The largest absolute Gasteiger partial charge is 0.488 e. The summed E-state index contributed by atoms with van der Waals surface area (Å²) in [6.07, 6.45) is 0.0867. The highest BCUT2D eigenvalue weighted by Crippen LogP contribution is 2.28. The number of rotatable bonds is 5. The van der Waals surface area contributed by atoms with E-state index in [1.807, 2.05) is 6.92 Å². The minimum atomic E-state index is 0.0867. The summed E-state index contributed by atoms with van der Waals surface area (Å²) in [5.41, 5.74) is 0. The van der Waals surface area contributed by atoms with E-state index in [4.69, 9.17) is 27.9 Å². The predicted molar refractivity (Wildman–Crippen MR) is 65.1 cm³/mol. The number of benzene rings is 1. The van der Waals surface area contributed by atoms with Crippen LogP contribution in [0.3, 0.4) is 0 Å². The number of ether oxygens (including phenoxy) is 1. The number of hydrogen-bond donors (Lipinski definition) is 1. The molecule has 1 aromatic carbocycles. The lowest BCUT2D eigenvalue weighted by molar-refractivity contribution is 0.218. The van der Waals surface area contributed by atoms with Crippen molar-refractivity contribution in [1.29, 1.82) is 0 Å². The Balaban J connectivity index is 2.56. The van der Waals surface area contributed by atoms with E-state index >= 15 is 0 Å². The van der Waals surface area contributed by atoms with Crippen molar-refractivity contribution in [3.05, 3.63) is 28.2 Å². The normalized spacial score (nSPS) is 12.5. The van der Waals surface area contributed by atoms with Gasteiger partial charge in [0.2, 0.25) is 0 Å². The first-order valence-corrected chi connectivity index (χ1v) is 5.71. The molecule has 1 atom stereocenters. The summed E-state index contributed by atoms with van der Waals surface area (Å²) in [6, 6.07) is 5.23. The van der Waals surface area contributed by atoms with E-state index in [-0.39, 0.29) is 6.10 Å². The average molecular weight is 248 g/mol. The Hall–Kier alpha value is -0.440. The maximum atomic E-state index is 5.98. The van der Waals surface area contributed by atoms with Crippen LogP contribution in [0.1, 0.15) is 13.8 Å². The molecule has 0 fully saturated rings. The first-order chi connectivity index (χ1) is 7.13. The van der Waals surface area contributed by atoms with Crippen molar-refractivity contribution >= 4 is 23.2 Å². The standard InChI is InChI=1S/C11H15Cl2NO/c1-3-14-7-8(2)15-11-5-4-9(12)6-10(11)13/h4-6,8,14H,3,7H2,1-2H3. The van der Waals surface area contributed by atoms with Crippen molar-refractivity contribution in [1.82, 2.24) is 5.32 Å². The molecule has 1 aromatic rings. The zero-order chi connectivity index (χ0) is 11.3. The maximum Gasteiger partial charge on any atom is 0.138 e. The molecular formula is C11H15Cl2NO. The van der Waals surface area contributed by atoms with Gasteiger partial charge >= 0.3 is 0 Å². The summed E-state index contributed by atoms with van der Waals surface area (Å²) in [6.45, 7) is 5.78. The van der Waals surface area contributed by atoms with Crippen LogP contribution in [0.25, 0.3) is 0 Å². The van der Waals surface area contributed by atoms with Crippen molar-refractivity contribution in [3.63, 3.8) is 0 Å². The van der Waals surface area contributed by atoms with Crippen LogP contribution in [0.4, 0.5) is 0 Å². The summed E-state index contributed by atoms with van der Waals surface area (Å²) < 4.78 is 5.65. The molecule has 84 valence electrons. The Morgan fingerprint density at radius 2 is 2.13 bits per heavy atom. The van der Waals surface area contributed by atoms with Gasteiger partial charge in [0, 0.05) is 11.6 Å². The molecule has 0 bridgehead atoms. The quantitative estimate of drug-likeness (QED) is 0.862. The van der Waals surface area contributed by atoms with E-state index in [9.17, 15) is 0 Å². The first kappa shape index (κ1) is 12.6. The van der Waals surface area contributed by atoms with E-state index in [0.717, 1.165) is 13.1 Å². The Kier molecular flexibility index (Phi) is 5.23. The second-order valence-corrected chi connectivity index (χ2v) is 4.15. The number of nitrogens with one attached hydrogen (secondary N) is 1. The third-order valence-corrected chi connectivity index (χ3v) is 2.43. The summed E-state index contributed by atoms with van der Waals surface area (Å²) >= 11 is 11.8. The SMILES string of the molecule is CCNCC(C)Oc1ccc(Cl)cc1Cl. The van der Waals surface area contributed by atoms with Crippen molar-refractivity contribution in [2.24, 2.45) is 0 Å². The van der Waals surface area contributed by atoms with E-state index in [1.165, 1.54) is 0 Å². The number of hydrogen-bond acceptors (Lipinski definition) is 2. The third-order valence-electron chi connectivity index (χ3n) is 1.90. The Labute approximate surface area is 101 Å². The van der Waals surface area contributed by atoms with Crippen LogP contribution in [0.15, 0.2) is 18.2 Å². The minimum Gasteiger partial charge on any atom is -0.488 e. The van der Waals surface area contributed by atoms with Crippen LogP contribution >= 0.6 is 23.2 Å². The van der Waals surface area contributed by atoms with Gasteiger partial charge < -0.3 is 10.1 Å². The topological polar surface area (TPSA) is 21.3 Å². The van der Waals surface area contributed by atoms with Gasteiger partial charge in [0.15, 0.2) is 0 Å². The molecular weight excluding hydrogens is 233 g/mol. The molecule has 0 spiro atoms. The molecule has 0 saturated carbocycles. The highest BCUT2D eigenvalue weighted by Gasteiger charge is 2.06. The summed E-state index contributed by atoms with van der Waals surface area (Å²) in [5, 5.41) is 4.37. The van der Waals surface area contributed by atoms with Gasteiger partial charge in [-0.3, -0.25) is 0 Å². The molecule has 1 unspecified atom stereocenters. The van der Waals surface area contributed by atoms with Gasteiger partial charge in [0.1, 0.15) is 11.9 Å². The average Bonchev–Trinajstić information content (AvgIpc) is 2.19. The van der Waals surface area contributed by atoms with Crippen LogP contribution in [0.5, 0.6) is 5.75 Å². The molecule has 0 aliphatic heterocycles. The lowest BCUT2D eigenvalue weighted by atomic mass is 10.3. The second kappa shape index (κ2) is 6.21. The van der Waals surface area contributed by atoms with Gasteiger partial charge in [-0.05, 0) is 31.7 Å². The van der Waals surface area contributed by atoms with Crippen LogP contribution in [0, 0.1) is 0 Å². The molecule has 15 heavy (non-hydrogen) atoms. The molecule has 4 heteroatoms. The minimum absolute atomic E-state index is 0.0867. The van der Waals surface area contributed by atoms with Crippen molar-refractivity contribution in [3.8, 4) is 5.75 Å². The van der Waals surface area contributed by atoms with Crippen molar-refractivity contribution in [2.45, 2.75) is 20.0 Å². The van der Waals surface area contributed by atoms with Gasteiger partial charge in [-0.1, -0.05) is 30.1 Å². The fraction of sp³-hybridized carbons (Fsp3) is 0.455. The van der Waals surface area contributed by atoms with Gasteiger partial charge in [0.25, 0.3) is 0 Å². The molecule has 0 aliphatic carbocycles. The van der Waals surface area contributed by atoms with E-state index in [2.05, 4.69) is 12.2 Å². The van der Waals surface area contributed by atoms with E-state index < -0.39 is 0 Å². The van der Waals surface area contributed by atoms with Crippen molar-refractivity contribution in [2.75, 3.05) is 13.1 Å². The molecule has 1 rings (SSSR count). The molecule has 0 amide bonds. The predicted octanol–water partition coefficient (Wildman–Crippen LogP) is 3.37. The van der Waals surface area contributed by atoms with Crippen LogP contribution < -0.4 is 10.1 Å². The first-order valence-electron chi connectivity index (χ1n) is 4.96. The summed E-state index contributed by atoms with van der Waals surface area (Å²) in [7, 11) is 0. The summed E-state index contributed by atoms with van der Waals surface area (Å²) in [4.78, 5) is 0. The second-order valence-electron chi connectivity index (χ2n) is 3.31. The summed E-state index contributed by atoms with van der Waals surface area (Å²) in [5.74, 6) is 0.673. The molecule has 0 radical (unpaired) electrons. The molecule has 0 aliphatic rings. The Morgan fingerprint density at radius 3 is 2.73 bits per heavy atom. The number of likely N-dealkylation sites (N-methyl/N-ethyl adjacent to an activating group) is 1.